The molecule has 3 aliphatic rings. The number of amides is 1. The normalized spacial score (nSPS) is 23.7. The van der Waals surface area contributed by atoms with Crippen molar-refractivity contribution in [2.75, 3.05) is 18.4 Å². The zero-order chi connectivity index (χ0) is 19.3. The van der Waals surface area contributed by atoms with E-state index in [9.17, 15) is 13.2 Å². The lowest BCUT2D eigenvalue weighted by Gasteiger charge is -2.38. The number of rotatable bonds is 2. The number of hydrogen-bond donors (Lipinski definition) is 2. The topological polar surface area (TPSA) is 78.5 Å². The predicted molar refractivity (Wildman–Crippen MR) is 109 cm³/mol. The molecule has 2 aliphatic heterocycles. The van der Waals surface area contributed by atoms with Gasteiger partial charge in [0.1, 0.15) is 4.90 Å². The van der Waals surface area contributed by atoms with Crippen molar-refractivity contribution in [3.05, 3.63) is 45.6 Å². The first-order valence-electron chi connectivity index (χ1n) is 9.80. The van der Waals surface area contributed by atoms with Crippen LogP contribution in [0.25, 0.3) is 0 Å². The molecule has 2 aromatic rings. The van der Waals surface area contributed by atoms with E-state index >= 15 is 0 Å². The number of benzene rings is 1. The van der Waals surface area contributed by atoms with E-state index in [2.05, 4.69) is 16.1 Å². The summed E-state index contributed by atoms with van der Waals surface area (Å²) in [5.41, 5.74) is 2.00. The maximum atomic E-state index is 12.9. The van der Waals surface area contributed by atoms with Crippen molar-refractivity contribution in [1.82, 2.24) is 9.62 Å². The summed E-state index contributed by atoms with van der Waals surface area (Å²) in [6.45, 7) is 1.32. The Morgan fingerprint density at radius 1 is 1.14 bits per heavy atom. The number of aryl methyl sites for hydroxylation is 2. The van der Waals surface area contributed by atoms with Crippen LogP contribution in [0.4, 0.5) is 5.69 Å². The Kier molecular flexibility index (Phi) is 4.45. The van der Waals surface area contributed by atoms with Crippen LogP contribution in [0, 0.1) is 5.92 Å². The Labute approximate surface area is 169 Å². The van der Waals surface area contributed by atoms with Gasteiger partial charge in [-0.3, -0.25) is 4.79 Å². The fraction of sp³-hybridized carbons (Fsp3) is 0.450. The molecule has 0 saturated carbocycles. The molecule has 148 valence electrons. The number of sulfonamides is 1. The predicted octanol–water partition coefficient (Wildman–Crippen LogP) is 2.82. The number of nitrogens with one attached hydrogen (secondary N) is 2. The average Bonchev–Trinajstić information content (AvgIpc) is 3.29. The molecule has 0 bridgehead atoms. The highest BCUT2D eigenvalue weighted by atomic mass is 32.2. The first kappa shape index (κ1) is 18.1. The summed E-state index contributed by atoms with van der Waals surface area (Å²) in [6.07, 6.45) is 4.62. The van der Waals surface area contributed by atoms with Crippen LogP contribution < -0.4 is 10.0 Å². The number of carbonyl (C=O) groups excluding carboxylic acids is 1. The molecule has 0 unspecified atom stereocenters. The third-order valence-electron chi connectivity index (χ3n) is 6.03. The first-order chi connectivity index (χ1) is 13.5. The van der Waals surface area contributed by atoms with Crippen LogP contribution in [-0.4, -0.2) is 38.5 Å². The fourth-order valence-electron chi connectivity index (χ4n) is 4.49. The number of nitrogens with zero attached hydrogens (tertiary/aromatic N) is 1. The minimum Gasteiger partial charge on any atom is -0.368 e. The molecule has 6 nitrogen and oxygen atoms in total. The van der Waals surface area contributed by atoms with Crippen molar-refractivity contribution in [3.8, 4) is 0 Å². The molecular weight excluding hydrogens is 394 g/mol. The molecule has 5 rings (SSSR count). The van der Waals surface area contributed by atoms with Gasteiger partial charge in [-0.25, -0.2) is 8.42 Å². The van der Waals surface area contributed by atoms with Gasteiger partial charge in [-0.05, 0) is 61.8 Å². The Balaban J connectivity index is 1.25. The maximum absolute atomic E-state index is 12.9. The quantitative estimate of drug-likeness (QED) is 0.788. The molecule has 0 radical (unpaired) electrons. The third-order valence-corrected chi connectivity index (χ3v) is 8.75. The number of piperidine rings is 1. The van der Waals surface area contributed by atoms with E-state index < -0.39 is 10.0 Å². The highest BCUT2D eigenvalue weighted by Gasteiger charge is 2.36. The van der Waals surface area contributed by atoms with E-state index in [0.29, 0.717) is 23.7 Å². The lowest BCUT2D eigenvalue weighted by atomic mass is 9.93. The van der Waals surface area contributed by atoms with Crippen molar-refractivity contribution in [1.29, 1.82) is 0 Å². The summed E-state index contributed by atoms with van der Waals surface area (Å²) in [5, 5.41) is 3.33. The molecule has 1 fully saturated rings. The minimum atomic E-state index is -3.50. The summed E-state index contributed by atoms with van der Waals surface area (Å²) in [6, 6.07) is 9.05. The second-order valence-corrected chi connectivity index (χ2v) is 10.6. The zero-order valence-electron chi connectivity index (χ0n) is 15.5. The van der Waals surface area contributed by atoms with Gasteiger partial charge in [-0.15, -0.1) is 11.3 Å². The summed E-state index contributed by atoms with van der Waals surface area (Å²) in [4.78, 5) is 17.3. The lowest BCUT2D eigenvalue weighted by Crippen LogP contribution is -2.52. The Morgan fingerprint density at radius 2 is 1.93 bits per heavy atom. The van der Waals surface area contributed by atoms with Crippen molar-refractivity contribution < 1.29 is 13.2 Å². The van der Waals surface area contributed by atoms with Gasteiger partial charge in [0.2, 0.25) is 10.0 Å². The number of para-hydroxylation sites is 1. The lowest BCUT2D eigenvalue weighted by molar-refractivity contribution is 0.0684. The maximum Gasteiger partial charge on any atom is 0.263 e. The number of thiophene rings is 1. The number of hydrogen-bond acceptors (Lipinski definition) is 5. The van der Waals surface area contributed by atoms with Gasteiger partial charge < -0.3 is 10.2 Å². The van der Waals surface area contributed by atoms with Crippen molar-refractivity contribution in [2.24, 2.45) is 5.92 Å². The molecule has 1 amide bonds. The summed E-state index contributed by atoms with van der Waals surface area (Å²) < 4.78 is 27.9. The number of carbonyl (C=O) groups is 1. The second-order valence-electron chi connectivity index (χ2n) is 7.78. The standard InChI is InChI=1S/C20H23N3O3S2/c24-20(17-12-14-4-3-6-16(14)27-17)23-10-8-13(9-11-23)19-21-15-5-1-2-7-18(15)28(25,26)22-19/h1-2,5,7,12-13,19,21-22H,3-4,6,8-11H2/t19-/m1/s1. The Bertz CT molecular complexity index is 1000. The van der Waals surface area contributed by atoms with Crippen molar-refractivity contribution in [3.63, 3.8) is 0 Å². The van der Waals surface area contributed by atoms with Gasteiger partial charge in [0.25, 0.3) is 5.91 Å². The van der Waals surface area contributed by atoms with Crippen LogP contribution in [0.1, 0.15) is 39.4 Å². The van der Waals surface area contributed by atoms with E-state index in [1.807, 2.05) is 11.0 Å². The molecular formula is C20H23N3O3S2. The van der Waals surface area contributed by atoms with Gasteiger partial charge >= 0.3 is 0 Å². The van der Waals surface area contributed by atoms with Gasteiger partial charge in [-0.2, -0.15) is 4.72 Å². The summed E-state index contributed by atoms with van der Waals surface area (Å²) >= 11 is 1.65. The van der Waals surface area contributed by atoms with Crippen molar-refractivity contribution in [2.45, 2.75) is 43.2 Å². The van der Waals surface area contributed by atoms with E-state index in [1.54, 1.807) is 29.5 Å². The summed E-state index contributed by atoms with van der Waals surface area (Å²) in [5.74, 6) is 0.279. The van der Waals surface area contributed by atoms with E-state index in [-0.39, 0.29) is 18.0 Å². The smallest absolute Gasteiger partial charge is 0.263 e. The van der Waals surface area contributed by atoms with Crippen LogP contribution in [0.2, 0.25) is 0 Å². The van der Waals surface area contributed by atoms with Crippen LogP contribution >= 0.6 is 11.3 Å². The SMILES string of the molecule is O=C(c1cc2c(s1)CCC2)N1CCC([C@@H]2Nc3ccccc3S(=O)(=O)N2)CC1. The number of fused-ring (bicyclic) bond motifs is 2. The fourth-order valence-corrected chi connectivity index (χ4v) is 7.10. The van der Waals surface area contributed by atoms with Gasteiger partial charge in [0, 0.05) is 18.0 Å². The third kappa shape index (κ3) is 3.13. The zero-order valence-corrected chi connectivity index (χ0v) is 17.1. The van der Waals surface area contributed by atoms with Crippen LogP contribution in [-0.2, 0) is 22.9 Å². The molecule has 0 spiro atoms. The second kappa shape index (κ2) is 6.86. The molecule has 1 aromatic carbocycles. The molecule has 8 heteroatoms. The molecule has 1 aliphatic carbocycles. The van der Waals surface area contributed by atoms with E-state index in [4.69, 9.17) is 0 Å². The molecule has 1 atom stereocenters. The van der Waals surface area contributed by atoms with E-state index in [1.165, 1.54) is 16.9 Å². The minimum absolute atomic E-state index is 0.125. The number of anilines is 1. The number of likely N-dealkylation sites (tertiary alicyclic amines) is 1. The first-order valence-corrected chi connectivity index (χ1v) is 12.1. The molecule has 1 aromatic heterocycles. The van der Waals surface area contributed by atoms with Gasteiger partial charge in [-0.1, -0.05) is 12.1 Å². The van der Waals surface area contributed by atoms with Crippen molar-refractivity contribution >= 4 is 33.0 Å². The molecule has 3 heterocycles. The molecule has 2 N–H and O–H groups in total. The molecule has 28 heavy (non-hydrogen) atoms. The van der Waals surface area contributed by atoms with E-state index in [0.717, 1.165) is 30.6 Å². The Morgan fingerprint density at radius 3 is 2.71 bits per heavy atom. The largest absolute Gasteiger partial charge is 0.368 e. The highest BCUT2D eigenvalue weighted by molar-refractivity contribution is 7.89. The molecule has 1 saturated heterocycles. The van der Waals surface area contributed by atoms with Crippen LogP contribution in [0.5, 0.6) is 0 Å². The van der Waals surface area contributed by atoms with Gasteiger partial charge in [0.05, 0.1) is 16.7 Å². The van der Waals surface area contributed by atoms with Gasteiger partial charge in [0.15, 0.2) is 0 Å². The monoisotopic (exact) mass is 417 g/mol. The van der Waals surface area contributed by atoms with Crippen LogP contribution in [0.3, 0.4) is 0 Å². The highest BCUT2D eigenvalue weighted by Crippen LogP contribution is 2.33. The Hall–Kier alpha value is -1.90. The summed E-state index contributed by atoms with van der Waals surface area (Å²) in [7, 11) is -3.50. The average molecular weight is 418 g/mol. The van der Waals surface area contributed by atoms with Crippen LogP contribution in [0.15, 0.2) is 35.2 Å².